The molecule has 0 bridgehead atoms. The first-order valence-corrected chi connectivity index (χ1v) is 9.44. The van der Waals surface area contributed by atoms with Crippen molar-refractivity contribution in [3.63, 3.8) is 0 Å². The fourth-order valence-corrected chi connectivity index (χ4v) is 2.28. The number of carbonyl (C=O) groups is 2. The molecule has 0 spiro atoms. The average molecular weight is 383 g/mol. The van der Waals surface area contributed by atoms with Crippen LogP contribution >= 0.6 is 0 Å². The predicted octanol–water partition coefficient (Wildman–Crippen LogP) is 3.09. The first kappa shape index (κ1) is 29.9. The van der Waals surface area contributed by atoms with Crippen molar-refractivity contribution in [2.24, 2.45) is 11.3 Å². The van der Waals surface area contributed by atoms with E-state index in [2.05, 4.69) is 34.6 Å². The number of carbonyl (C=O) groups excluding carboxylic acids is 2. The molecule has 0 fully saturated rings. The second kappa shape index (κ2) is 19.0. The maximum absolute atomic E-state index is 10.0. The molecule has 0 N–H and O–H groups in total. The molecule has 0 aromatic carbocycles. The molecular weight excluding hydrogens is 344 g/mol. The zero-order valence-electron chi connectivity index (χ0n) is 17.2. The minimum absolute atomic E-state index is 0. The third kappa shape index (κ3) is 36.0. The third-order valence-electron chi connectivity index (χ3n) is 3.72. The van der Waals surface area contributed by atoms with Crippen LogP contribution in [0.3, 0.4) is 0 Å². The maximum Gasteiger partial charge on any atom is 2.00 e. The SMILES string of the molecule is CC(C)(C)CCCCCC(=O)[O-].CC(C)CCCCCCC(=O)[O-].[Ca+2]. The van der Waals surface area contributed by atoms with E-state index in [1.54, 1.807) is 0 Å². The normalized spacial score (nSPS) is 10.6. The van der Waals surface area contributed by atoms with Gasteiger partial charge in [0.2, 0.25) is 0 Å². The van der Waals surface area contributed by atoms with Crippen molar-refractivity contribution in [3.8, 4) is 0 Å². The summed E-state index contributed by atoms with van der Waals surface area (Å²) in [7, 11) is 0. The van der Waals surface area contributed by atoms with Gasteiger partial charge in [0.25, 0.3) is 0 Å². The van der Waals surface area contributed by atoms with Crippen molar-refractivity contribution in [3.05, 3.63) is 0 Å². The van der Waals surface area contributed by atoms with Gasteiger partial charge in [-0.1, -0.05) is 73.1 Å². The molecule has 0 radical (unpaired) electrons. The summed E-state index contributed by atoms with van der Waals surface area (Å²) in [5.74, 6) is -1.07. The van der Waals surface area contributed by atoms with E-state index in [4.69, 9.17) is 0 Å². The van der Waals surface area contributed by atoms with Crippen LogP contribution < -0.4 is 10.2 Å². The third-order valence-corrected chi connectivity index (χ3v) is 3.72. The van der Waals surface area contributed by atoms with E-state index in [0.29, 0.717) is 5.41 Å². The van der Waals surface area contributed by atoms with Crippen molar-refractivity contribution in [2.75, 3.05) is 0 Å². The van der Waals surface area contributed by atoms with Gasteiger partial charge in [0.1, 0.15) is 0 Å². The quantitative estimate of drug-likeness (QED) is 0.384. The molecule has 5 heteroatoms. The monoisotopic (exact) mass is 382 g/mol. The molecule has 0 atom stereocenters. The fraction of sp³-hybridized carbons (Fsp3) is 0.900. The smallest absolute Gasteiger partial charge is 0.550 e. The number of hydrogen-bond donors (Lipinski definition) is 0. The minimum atomic E-state index is -0.925. The Balaban J connectivity index is -0.000000372. The van der Waals surface area contributed by atoms with Crippen LogP contribution in [-0.2, 0) is 9.59 Å². The van der Waals surface area contributed by atoms with E-state index >= 15 is 0 Å². The maximum atomic E-state index is 10.0. The van der Waals surface area contributed by atoms with E-state index in [1.807, 2.05) is 0 Å². The molecule has 0 aliphatic carbocycles. The Morgan fingerprint density at radius 1 is 0.760 bits per heavy atom. The standard InChI is InChI=1S/2C10H20O2.Ca/c1-10(2,3)8-6-4-5-7-9(11)12;1-9(2)7-5-3-4-6-8-10(11)12;/h4-8H2,1-3H3,(H,11,12);9H,3-8H2,1-2H3,(H,11,12);/q;;+2/p-2. The Labute approximate surface area is 185 Å². The fourth-order valence-electron chi connectivity index (χ4n) is 2.28. The van der Waals surface area contributed by atoms with Gasteiger partial charge in [-0.25, -0.2) is 0 Å². The van der Waals surface area contributed by atoms with E-state index < -0.39 is 11.9 Å². The largest absolute Gasteiger partial charge is 2.00 e. The molecule has 0 aliphatic heterocycles. The second-order valence-electron chi connectivity index (χ2n) is 8.21. The van der Waals surface area contributed by atoms with Crippen LogP contribution in [0.5, 0.6) is 0 Å². The molecule has 0 saturated carbocycles. The van der Waals surface area contributed by atoms with Crippen molar-refractivity contribution in [1.29, 1.82) is 0 Å². The molecule has 0 aliphatic rings. The van der Waals surface area contributed by atoms with Gasteiger partial charge in [-0.2, -0.15) is 0 Å². The number of aliphatic carboxylic acids is 2. The van der Waals surface area contributed by atoms with Crippen LogP contribution in [0.2, 0.25) is 0 Å². The van der Waals surface area contributed by atoms with Gasteiger partial charge in [0.15, 0.2) is 0 Å². The van der Waals surface area contributed by atoms with E-state index in [-0.39, 0.29) is 50.6 Å². The molecule has 0 unspecified atom stereocenters. The van der Waals surface area contributed by atoms with Crippen LogP contribution in [0.25, 0.3) is 0 Å². The summed E-state index contributed by atoms with van der Waals surface area (Å²) in [5.41, 5.74) is 0.376. The molecule has 4 nitrogen and oxygen atoms in total. The average Bonchev–Trinajstić information content (AvgIpc) is 2.41. The molecule has 144 valence electrons. The number of carboxylic acids is 2. The summed E-state index contributed by atoms with van der Waals surface area (Å²) in [6.45, 7) is 11.0. The van der Waals surface area contributed by atoms with Gasteiger partial charge in [0.05, 0.1) is 0 Å². The van der Waals surface area contributed by atoms with Crippen LogP contribution in [0.15, 0.2) is 0 Å². The van der Waals surface area contributed by atoms with Gasteiger partial charge < -0.3 is 19.8 Å². The van der Waals surface area contributed by atoms with Crippen LogP contribution in [0.1, 0.15) is 105 Å². The second-order valence-corrected chi connectivity index (χ2v) is 8.21. The van der Waals surface area contributed by atoms with Crippen LogP contribution in [0.4, 0.5) is 0 Å². The molecular formula is C20H38CaO4. The Morgan fingerprint density at radius 3 is 1.52 bits per heavy atom. The van der Waals surface area contributed by atoms with Crippen LogP contribution in [0, 0.1) is 11.3 Å². The van der Waals surface area contributed by atoms with E-state index in [0.717, 1.165) is 44.4 Å². The van der Waals surface area contributed by atoms with Crippen molar-refractivity contribution < 1.29 is 19.8 Å². The number of rotatable bonds is 12. The molecule has 25 heavy (non-hydrogen) atoms. The molecule has 0 amide bonds. The number of unbranched alkanes of at least 4 members (excludes halogenated alkanes) is 5. The van der Waals surface area contributed by atoms with Crippen molar-refractivity contribution in [1.82, 2.24) is 0 Å². The topological polar surface area (TPSA) is 80.3 Å². The summed E-state index contributed by atoms with van der Waals surface area (Å²) in [4.78, 5) is 20.1. The van der Waals surface area contributed by atoms with Gasteiger partial charge in [-0.05, 0) is 43.4 Å². The Hall–Kier alpha value is 0.200. The van der Waals surface area contributed by atoms with Crippen LogP contribution in [-0.4, -0.2) is 49.7 Å². The Morgan fingerprint density at radius 2 is 1.16 bits per heavy atom. The summed E-state index contributed by atoms with van der Waals surface area (Å²) < 4.78 is 0. The number of hydrogen-bond acceptors (Lipinski definition) is 4. The molecule has 0 heterocycles. The summed E-state index contributed by atoms with van der Waals surface area (Å²) in [5, 5.41) is 20.1. The first-order valence-electron chi connectivity index (χ1n) is 9.44. The van der Waals surface area contributed by atoms with E-state index in [9.17, 15) is 19.8 Å². The Bertz CT molecular complexity index is 322. The van der Waals surface area contributed by atoms with Crippen molar-refractivity contribution >= 4 is 49.7 Å². The van der Waals surface area contributed by atoms with Gasteiger partial charge in [-0.3, -0.25) is 0 Å². The predicted molar refractivity (Wildman–Crippen MR) is 101 cm³/mol. The molecule has 0 rings (SSSR count). The minimum Gasteiger partial charge on any atom is -0.550 e. The molecule has 0 saturated heterocycles. The zero-order chi connectivity index (χ0) is 19.0. The molecule has 0 aromatic rings. The zero-order valence-corrected chi connectivity index (χ0v) is 19.4. The summed E-state index contributed by atoms with van der Waals surface area (Å²) in [6.07, 6.45) is 9.94. The first-order chi connectivity index (χ1) is 11.0. The number of carboxylic acid groups (broad SMARTS) is 2. The van der Waals surface area contributed by atoms with Crippen molar-refractivity contribution in [2.45, 2.75) is 105 Å². The summed E-state index contributed by atoms with van der Waals surface area (Å²) >= 11 is 0. The summed E-state index contributed by atoms with van der Waals surface area (Å²) in [6, 6.07) is 0. The molecule has 0 aromatic heterocycles. The van der Waals surface area contributed by atoms with E-state index in [1.165, 1.54) is 19.3 Å². The van der Waals surface area contributed by atoms with Gasteiger partial charge in [-0.15, -0.1) is 0 Å². The van der Waals surface area contributed by atoms with Gasteiger partial charge >= 0.3 is 37.7 Å². The van der Waals surface area contributed by atoms with Gasteiger partial charge in [0, 0.05) is 11.9 Å². The Kier molecular flexibility index (Phi) is 22.7.